The number of fused-ring (bicyclic) bond motifs is 1. The molecular weight excluding hydrogens is 388 g/mol. The SMILES string of the molecule is Clc1ccc(-c2nnc3cc(-c4ccnc(NC5CCOCC5)n4)ccn23)cc1. The van der Waals surface area contributed by atoms with Crippen LogP contribution in [0.3, 0.4) is 0 Å². The van der Waals surface area contributed by atoms with Crippen LogP contribution >= 0.6 is 11.6 Å². The fourth-order valence-corrected chi connectivity index (χ4v) is 3.59. The average molecular weight is 407 g/mol. The van der Waals surface area contributed by atoms with E-state index >= 15 is 0 Å². The van der Waals surface area contributed by atoms with Crippen molar-refractivity contribution >= 4 is 23.2 Å². The Labute approximate surface area is 172 Å². The van der Waals surface area contributed by atoms with E-state index in [4.69, 9.17) is 16.3 Å². The first kappa shape index (κ1) is 18.0. The molecule has 1 saturated heterocycles. The van der Waals surface area contributed by atoms with E-state index in [2.05, 4.69) is 25.5 Å². The first-order valence-electron chi connectivity index (χ1n) is 9.55. The zero-order valence-corrected chi connectivity index (χ0v) is 16.4. The molecule has 1 N–H and O–H groups in total. The molecule has 4 heterocycles. The molecule has 0 aliphatic carbocycles. The summed E-state index contributed by atoms with van der Waals surface area (Å²) in [5.74, 6) is 1.41. The smallest absolute Gasteiger partial charge is 0.223 e. The van der Waals surface area contributed by atoms with E-state index in [1.807, 2.05) is 53.1 Å². The molecular formula is C21H19ClN6O. The number of halogens is 1. The van der Waals surface area contributed by atoms with Gasteiger partial charge < -0.3 is 10.1 Å². The van der Waals surface area contributed by atoms with Crippen molar-refractivity contribution in [2.45, 2.75) is 18.9 Å². The van der Waals surface area contributed by atoms with E-state index in [0.29, 0.717) is 17.0 Å². The normalized spacial score (nSPS) is 14.9. The molecule has 0 atom stereocenters. The van der Waals surface area contributed by atoms with Crippen molar-refractivity contribution in [2.24, 2.45) is 0 Å². The van der Waals surface area contributed by atoms with Crippen LogP contribution in [0, 0.1) is 0 Å². The fraction of sp³-hybridized carbons (Fsp3) is 0.238. The van der Waals surface area contributed by atoms with Crippen molar-refractivity contribution in [3.05, 3.63) is 59.9 Å². The van der Waals surface area contributed by atoms with E-state index in [0.717, 1.165) is 54.3 Å². The molecule has 0 spiro atoms. The second-order valence-electron chi connectivity index (χ2n) is 6.97. The van der Waals surface area contributed by atoms with Crippen LogP contribution in [0.25, 0.3) is 28.3 Å². The Kier molecular flexibility index (Phi) is 4.83. The highest BCUT2D eigenvalue weighted by Gasteiger charge is 2.15. The topological polar surface area (TPSA) is 77.2 Å². The second-order valence-corrected chi connectivity index (χ2v) is 7.41. The number of hydrogen-bond acceptors (Lipinski definition) is 6. The number of anilines is 1. The second kappa shape index (κ2) is 7.77. The Balaban J connectivity index is 1.43. The first-order chi connectivity index (χ1) is 14.3. The highest BCUT2D eigenvalue weighted by Crippen LogP contribution is 2.24. The summed E-state index contributed by atoms with van der Waals surface area (Å²) in [6, 6.07) is 13.8. The van der Waals surface area contributed by atoms with Gasteiger partial charge in [-0.25, -0.2) is 9.97 Å². The summed E-state index contributed by atoms with van der Waals surface area (Å²) in [4.78, 5) is 9.05. The van der Waals surface area contributed by atoms with E-state index in [1.54, 1.807) is 6.20 Å². The third kappa shape index (κ3) is 3.79. The van der Waals surface area contributed by atoms with E-state index in [1.165, 1.54) is 0 Å². The third-order valence-electron chi connectivity index (χ3n) is 5.02. The maximum atomic E-state index is 5.99. The lowest BCUT2D eigenvalue weighted by atomic mass is 10.1. The number of nitrogens with one attached hydrogen (secondary N) is 1. The van der Waals surface area contributed by atoms with Gasteiger partial charge in [-0.15, -0.1) is 10.2 Å². The largest absolute Gasteiger partial charge is 0.381 e. The maximum Gasteiger partial charge on any atom is 0.223 e. The molecule has 3 aromatic heterocycles. The summed E-state index contributed by atoms with van der Waals surface area (Å²) in [6.07, 6.45) is 5.67. The minimum atomic E-state index is 0.347. The molecule has 5 rings (SSSR count). The number of pyridine rings is 1. The molecule has 1 aromatic carbocycles. The monoisotopic (exact) mass is 406 g/mol. The van der Waals surface area contributed by atoms with E-state index < -0.39 is 0 Å². The predicted molar refractivity (Wildman–Crippen MR) is 112 cm³/mol. The highest BCUT2D eigenvalue weighted by atomic mass is 35.5. The lowest BCUT2D eigenvalue weighted by Gasteiger charge is -2.23. The molecule has 8 heteroatoms. The van der Waals surface area contributed by atoms with E-state index in [9.17, 15) is 0 Å². The van der Waals surface area contributed by atoms with Crippen molar-refractivity contribution < 1.29 is 4.74 Å². The molecule has 4 aromatic rings. The molecule has 0 amide bonds. The van der Waals surface area contributed by atoms with Gasteiger partial charge in [-0.05, 0) is 55.3 Å². The van der Waals surface area contributed by atoms with Crippen molar-refractivity contribution in [2.75, 3.05) is 18.5 Å². The Morgan fingerprint density at radius 2 is 1.83 bits per heavy atom. The number of nitrogens with zero attached hydrogens (tertiary/aromatic N) is 5. The summed E-state index contributed by atoms with van der Waals surface area (Å²) in [7, 11) is 0. The van der Waals surface area contributed by atoms with Crippen LogP contribution in [-0.4, -0.2) is 43.8 Å². The van der Waals surface area contributed by atoms with E-state index in [-0.39, 0.29) is 0 Å². The third-order valence-corrected chi connectivity index (χ3v) is 5.27. The van der Waals surface area contributed by atoms with Gasteiger partial charge in [0.1, 0.15) is 0 Å². The van der Waals surface area contributed by atoms with Crippen LogP contribution < -0.4 is 5.32 Å². The summed E-state index contributed by atoms with van der Waals surface area (Å²) in [5.41, 5.74) is 3.52. The predicted octanol–water partition coefficient (Wildman–Crippen LogP) is 4.10. The Morgan fingerprint density at radius 1 is 1.00 bits per heavy atom. The molecule has 146 valence electrons. The van der Waals surface area contributed by atoms with Gasteiger partial charge in [0.05, 0.1) is 5.69 Å². The molecule has 0 bridgehead atoms. The molecule has 1 aliphatic rings. The number of rotatable bonds is 4. The molecule has 1 aliphatic heterocycles. The number of hydrogen-bond donors (Lipinski definition) is 1. The summed E-state index contributed by atoms with van der Waals surface area (Å²) >= 11 is 5.99. The van der Waals surface area contributed by atoms with Crippen LogP contribution in [0.15, 0.2) is 54.9 Å². The zero-order chi connectivity index (χ0) is 19.6. The lowest BCUT2D eigenvalue weighted by molar-refractivity contribution is 0.0903. The molecule has 0 unspecified atom stereocenters. The molecule has 1 fully saturated rings. The lowest BCUT2D eigenvalue weighted by Crippen LogP contribution is -2.28. The van der Waals surface area contributed by atoms with Gasteiger partial charge >= 0.3 is 0 Å². The minimum absolute atomic E-state index is 0.347. The molecule has 0 saturated carbocycles. The zero-order valence-electron chi connectivity index (χ0n) is 15.6. The number of ether oxygens (including phenoxy) is 1. The Hall–Kier alpha value is -3.03. The van der Waals surface area contributed by atoms with Crippen LogP contribution in [0.4, 0.5) is 5.95 Å². The molecule has 0 radical (unpaired) electrons. The Bertz CT molecular complexity index is 1140. The highest BCUT2D eigenvalue weighted by molar-refractivity contribution is 6.30. The molecule has 7 nitrogen and oxygen atoms in total. The van der Waals surface area contributed by atoms with Crippen molar-refractivity contribution in [1.29, 1.82) is 0 Å². The van der Waals surface area contributed by atoms with Crippen molar-refractivity contribution in [3.8, 4) is 22.6 Å². The minimum Gasteiger partial charge on any atom is -0.381 e. The summed E-state index contributed by atoms with van der Waals surface area (Å²) < 4.78 is 7.36. The van der Waals surface area contributed by atoms with Gasteiger partial charge in [-0.2, -0.15) is 0 Å². The van der Waals surface area contributed by atoms with Crippen LogP contribution in [-0.2, 0) is 4.74 Å². The quantitative estimate of drug-likeness (QED) is 0.549. The first-order valence-corrected chi connectivity index (χ1v) is 9.92. The van der Waals surface area contributed by atoms with Gasteiger partial charge in [0.15, 0.2) is 11.5 Å². The van der Waals surface area contributed by atoms with Crippen LogP contribution in [0.2, 0.25) is 5.02 Å². The van der Waals surface area contributed by atoms with Crippen LogP contribution in [0.1, 0.15) is 12.8 Å². The maximum absolute atomic E-state index is 5.99. The van der Waals surface area contributed by atoms with Crippen molar-refractivity contribution in [3.63, 3.8) is 0 Å². The average Bonchev–Trinajstić information content (AvgIpc) is 3.18. The van der Waals surface area contributed by atoms with Crippen LogP contribution in [0.5, 0.6) is 0 Å². The molecule has 29 heavy (non-hydrogen) atoms. The van der Waals surface area contributed by atoms with Gasteiger partial charge in [0.2, 0.25) is 5.95 Å². The van der Waals surface area contributed by atoms with Gasteiger partial charge in [-0.3, -0.25) is 4.40 Å². The Morgan fingerprint density at radius 3 is 2.66 bits per heavy atom. The number of benzene rings is 1. The van der Waals surface area contributed by atoms with Gasteiger partial charge in [0.25, 0.3) is 0 Å². The van der Waals surface area contributed by atoms with Crippen molar-refractivity contribution in [1.82, 2.24) is 24.6 Å². The van der Waals surface area contributed by atoms with Gasteiger partial charge in [0, 0.05) is 47.8 Å². The number of aromatic nitrogens is 5. The summed E-state index contributed by atoms with van der Waals surface area (Å²) in [5, 5.41) is 12.8. The standard InChI is InChI=1S/C21H19ClN6O/c22-16-3-1-14(2-4-16)20-27-26-19-13-15(6-10-28(19)20)18-5-9-23-21(25-18)24-17-7-11-29-12-8-17/h1-6,9-10,13,17H,7-8,11-12H2,(H,23,24,25). The van der Waals surface area contributed by atoms with Gasteiger partial charge in [-0.1, -0.05) is 11.6 Å². The fourth-order valence-electron chi connectivity index (χ4n) is 3.46. The summed E-state index contributed by atoms with van der Waals surface area (Å²) in [6.45, 7) is 1.55.